The van der Waals surface area contributed by atoms with Crippen molar-refractivity contribution < 1.29 is 17.9 Å². The molecule has 3 fully saturated rings. The number of cyclic esters (lactones) is 1. The van der Waals surface area contributed by atoms with Crippen molar-refractivity contribution in [2.45, 2.75) is 25.9 Å². The highest BCUT2D eigenvalue weighted by Crippen LogP contribution is 2.30. The molecular formula is C20H28N4O4S2. The molecule has 0 unspecified atom stereocenters. The number of anilines is 2. The van der Waals surface area contributed by atoms with Gasteiger partial charge in [-0.05, 0) is 44.0 Å². The van der Waals surface area contributed by atoms with E-state index in [2.05, 4.69) is 10.2 Å². The number of amides is 1. The summed E-state index contributed by atoms with van der Waals surface area (Å²) in [6, 6.07) is 7.77. The Kier molecular flexibility index (Phi) is 6.17. The predicted molar refractivity (Wildman–Crippen MR) is 121 cm³/mol. The first kappa shape index (κ1) is 21.3. The lowest BCUT2D eigenvalue weighted by atomic mass is 10.2. The molecule has 164 valence electrons. The van der Waals surface area contributed by atoms with Crippen molar-refractivity contribution in [1.82, 2.24) is 9.62 Å². The third-order valence-electron chi connectivity index (χ3n) is 5.85. The van der Waals surface area contributed by atoms with Crippen LogP contribution in [0.15, 0.2) is 24.3 Å². The summed E-state index contributed by atoms with van der Waals surface area (Å²) in [6.07, 6.45) is 1.74. The van der Waals surface area contributed by atoms with Crippen molar-refractivity contribution in [3.63, 3.8) is 0 Å². The van der Waals surface area contributed by atoms with Crippen LogP contribution < -0.4 is 15.1 Å². The van der Waals surface area contributed by atoms with Crippen LogP contribution in [0.25, 0.3) is 0 Å². The number of piperazine rings is 1. The van der Waals surface area contributed by atoms with E-state index >= 15 is 0 Å². The lowest BCUT2D eigenvalue weighted by molar-refractivity contribution is 0.143. The van der Waals surface area contributed by atoms with Gasteiger partial charge in [-0.1, -0.05) is 12.2 Å². The number of benzene rings is 1. The maximum absolute atomic E-state index is 12.3. The van der Waals surface area contributed by atoms with E-state index in [4.69, 9.17) is 17.0 Å². The Morgan fingerprint density at radius 3 is 2.37 bits per heavy atom. The molecule has 4 rings (SSSR count). The fraction of sp³-hybridized carbons (Fsp3) is 0.600. The Balaban J connectivity index is 1.31. The number of hydrogen-bond acceptors (Lipinski definition) is 6. The van der Waals surface area contributed by atoms with Crippen LogP contribution in [0, 0.1) is 5.92 Å². The molecule has 0 bridgehead atoms. The van der Waals surface area contributed by atoms with Gasteiger partial charge in [0.25, 0.3) is 0 Å². The second kappa shape index (κ2) is 8.68. The number of carbonyl (C=O) groups is 1. The van der Waals surface area contributed by atoms with Crippen molar-refractivity contribution in [3.05, 3.63) is 24.3 Å². The van der Waals surface area contributed by atoms with Crippen LogP contribution in [-0.4, -0.2) is 74.9 Å². The molecule has 1 aromatic rings. The van der Waals surface area contributed by atoms with Crippen molar-refractivity contribution in [2.75, 3.05) is 54.8 Å². The predicted octanol–water partition coefficient (Wildman–Crippen LogP) is 1.81. The number of thiocarbonyl (C=S) groups is 1. The largest absolute Gasteiger partial charge is 0.442 e. The van der Waals surface area contributed by atoms with Crippen molar-refractivity contribution >= 4 is 44.7 Å². The van der Waals surface area contributed by atoms with Crippen LogP contribution in [0.2, 0.25) is 0 Å². The third-order valence-corrected chi connectivity index (χ3v) is 8.21. The minimum atomic E-state index is -3.13. The Morgan fingerprint density at radius 2 is 1.77 bits per heavy atom. The molecule has 1 N–H and O–H groups in total. The highest BCUT2D eigenvalue weighted by Gasteiger charge is 2.34. The third kappa shape index (κ3) is 4.70. The monoisotopic (exact) mass is 452 g/mol. The van der Waals surface area contributed by atoms with Gasteiger partial charge in [0.05, 0.1) is 23.8 Å². The minimum absolute atomic E-state index is 0.135. The fourth-order valence-corrected chi connectivity index (χ4v) is 5.20. The van der Waals surface area contributed by atoms with Gasteiger partial charge in [-0.3, -0.25) is 4.90 Å². The van der Waals surface area contributed by atoms with Crippen LogP contribution in [0.5, 0.6) is 0 Å². The van der Waals surface area contributed by atoms with E-state index in [0.29, 0.717) is 45.2 Å². The van der Waals surface area contributed by atoms with E-state index in [1.54, 1.807) is 16.1 Å². The summed E-state index contributed by atoms with van der Waals surface area (Å²) in [5, 5.41) is 3.22. The molecule has 1 atom stereocenters. The van der Waals surface area contributed by atoms with Crippen molar-refractivity contribution in [1.29, 1.82) is 0 Å². The summed E-state index contributed by atoms with van der Waals surface area (Å²) >= 11 is 5.33. The van der Waals surface area contributed by atoms with Gasteiger partial charge >= 0.3 is 6.09 Å². The lowest BCUT2D eigenvalue weighted by Gasteiger charge is -2.35. The minimum Gasteiger partial charge on any atom is -0.442 e. The number of rotatable bonds is 7. The Morgan fingerprint density at radius 1 is 1.13 bits per heavy atom. The van der Waals surface area contributed by atoms with Gasteiger partial charge in [0, 0.05) is 43.5 Å². The van der Waals surface area contributed by atoms with Crippen LogP contribution in [0.3, 0.4) is 0 Å². The molecule has 2 heterocycles. The summed E-state index contributed by atoms with van der Waals surface area (Å²) in [6.45, 7) is 5.00. The molecular weight excluding hydrogens is 424 g/mol. The Bertz CT molecular complexity index is 894. The van der Waals surface area contributed by atoms with Gasteiger partial charge in [-0.15, -0.1) is 0 Å². The van der Waals surface area contributed by atoms with Gasteiger partial charge in [0.15, 0.2) is 0 Å². The van der Waals surface area contributed by atoms with Gasteiger partial charge in [-0.25, -0.2) is 13.2 Å². The van der Waals surface area contributed by atoms with E-state index in [9.17, 15) is 13.2 Å². The molecule has 1 saturated carbocycles. The Labute approximate surface area is 183 Å². The van der Waals surface area contributed by atoms with Gasteiger partial charge < -0.3 is 15.0 Å². The average molecular weight is 453 g/mol. The van der Waals surface area contributed by atoms with Crippen molar-refractivity contribution in [2.24, 2.45) is 5.92 Å². The first-order chi connectivity index (χ1) is 14.4. The molecule has 2 saturated heterocycles. The molecule has 0 spiro atoms. The summed E-state index contributed by atoms with van der Waals surface area (Å²) < 4.78 is 31.1. The van der Waals surface area contributed by atoms with Crippen LogP contribution >= 0.6 is 12.2 Å². The molecule has 8 nitrogen and oxygen atoms in total. The van der Waals surface area contributed by atoms with E-state index in [0.717, 1.165) is 29.2 Å². The average Bonchev–Trinajstić information content (AvgIpc) is 3.55. The van der Waals surface area contributed by atoms with E-state index in [1.807, 2.05) is 24.3 Å². The number of nitrogens with one attached hydrogen (secondary N) is 1. The number of sulfonamides is 1. The summed E-state index contributed by atoms with van der Waals surface area (Å²) in [5.74, 6) is 0.640. The number of ether oxygens (including phenoxy) is 1. The van der Waals surface area contributed by atoms with Crippen LogP contribution in [-0.2, 0) is 14.8 Å². The molecule has 3 aliphatic rings. The number of nitrogens with zero attached hydrogens (tertiary/aromatic N) is 3. The van der Waals surface area contributed by atoms with Crippen LogP contribution in [0.1, 0.15) is 19.8 Å². The van der Waals surface area contributed by atoms with E-state index in [1.165, 1.54) is 0 Å². The zero-order valence-corrected chi connectivity index (χ0v) is 18.8. The SMILES string of the molecule is CCS(=O)(=O)N1CCN(c2ccc(N3C[C@H](CNC(=S)C4CC4)OC3=O)cc2)CC1. The molecule has 1 amide bonds. The summed E-state index contributed by atoms with van der Waals surface area (Å²) in [4.78, 5) is 17.0. The topological polar surface area (TPSA) is 82.2 Å². The highest BCUT2D eigenvalue weighted by atomic mass is 32.2. The molecule has 10 heteroatoms. The maximum atomic E-state index is 12.3. The number of carbonyl (C=O) groups excluding carboxylic acids is 1. The quantitative estimate of drug-likeness (QED) is 0.632. The summed E-state index contributed by atoms with van der Waals surface area (Å²) in [7, 11) is -3.13. The second-order valence-corrected chi connectivity index (χ2v) is 10.6. The first-order valence-corrected chi connectivity index (χ1v) is 12.5. The van der Waals surface area contributed by atoms with Crippen LogP contribution in [0.4, 0.5) is 16.2 Å². The molecule has 1 aliphatic carbocycles. The highest BCUT2D eigenvalue weighted by molar-refractivity contribution is 7.89. The van der Waals surface area contributed by atoms with Gasteiger partial charge in [-0.2, -0.15) is 4.31 Å². The second-order valence-electron chi connectivity index (χ2n) is 7.94. The van der Waals surface area contributed by atoms with E-state index < -0.39 is 10.0 Å². The Hall–Kier alpha value is -1.91. The molecule has 0 aromatic heterocycles. The molecule has 1 aromatic carbocycles. The summed E-state index contributed by atoms with van der Waals surface area (Å²) in [5.41, 5.74) is 1.82. The standard InChI is InChI=1S/C20H28N4O4S2/c1-2-30(26,27)23-11-9-22(10-12-23)16-5-7-17(8-6-16)24-14-18(28-20(24)25)13-21-19(29)15-3-4-15/h5-8,15,18H,2-4,9-14H2,1H3,(H,21,29)/t18-/m0/s1. The smallest absolute Gasteiger partial charge is 0.414 e. The van der Waals surface area contributed by atoms with Gasteiger partial charge in [0.2, 0.25) is 10.0 Å². The normalized spacial score (nSPS) is 22.8. The zero-order valence-electron chi connectivity index (χ0n) is 17.1. The van der Waals surface area contributed by atoms with E-state index in [-0.39, 0.29) is 18.0 Å². The number of hydrogen-bond donors (Lipinski definition) is 1. The van der Waals surface area contributed by atoms with Crippen molar-refractivity contribution in [3.8, 4) is 0 Å². The molecule has 30 heavy (non-hydrogen) atoms. The van der Waals surface area contributed by atoms with Gasteiger partial charge in [0.1, 0.15) is 6.10 Å². The first-order valence-electron chi connectivity index (χ1n) is 10.5. The maximum Gasteiger partial charge on any atom is 0.414 e. The zero-order chi connectivity index (χ0) is 21.3. The molecule has 0 radical (unpaired) electrons. The fourth-order valence-electron chi connectivity index (χ4n) is 3.79. The lowest BCUT2D eigenvalue weighted by Crippen LogP contribution is -2.49. The molecule has 2 aliphatic heterocycles.